The Hall–Kier alpha value is -1.35. The fourth-order valence-electron chi connectivity index (χ4n) is 2.58. The first-order valence-corrected chi connectivity index (χ1v) is 7.91. The quantitative estimate of drug-likeness (QED) is 0.382. The minimum absolute atomic E-state index is 0.0585. The minimum Gasteiger partial charge on any atom is -0.293 e. The molecule has 0 radical (unpaired) electrons. The van der Waals surface area contributed by atoms with Crippen molar-refractivity contribution in [3.63, 3.8) is 0 Å². The first-order chi connectivity index (χ1) is 9.95. The molecule has 0 spiro atoms. The molecule has 1 aromatic rings. The van der Waals surface area contributed by atoms with Crippen molar-refractivity contribution in [2.24, 2.45) is 0 Å². The van der Waals surface area contributed by atoms with Crippen LogP contribution in [0.25, 0.3) is 0 Å². The third kappa shape index (κ3) is 5.88. The Morgan fingerprint density at radius 1 is 1.10 bits per heavy atom. The monoisotopic (exact) mass is 292 g/mol. The van der Waals surface area contributed by atoms with Crippen LogP contribution in [-0.2, 0) is 9.78 Å². The van der Waals surface area contributed by atoms with E-state index in [-0.39, 0.29) is 6.10 Å². The largest absolute Gasteiger partial charge is 0.373 e. The molecular weight excluding hydrogens is 264 g/mol. The molecular formula is C18H28O3. The van der Waals surface area contributed by atoms with Gasteiger partial charge in [0.25, 0.3) is 0 Å². The Morgan fingerprint density at radius 2 is 1.71 bits per heavy atom. The van der Waals surface area contributed by atoms with E-state index in [2.05, 4.69) is 6.92 Å². The minimum atomic E-state index is -0.398. The van der Waals surface area contributed by atoms with Gasteiger partial charge in [-0.2, -0.15) is 4.89 Å². The molecule has 21 heavy (non-hydrogen) atoms. The number of rotatable bonds is 8. The summed E-state index contributed by atoms with van der Waals surface area (Å²) in [5.74, 6) is -0.398. The van der Waals surface area contributed by atoms with E-state index in [9.17, 15) is 4.79 Å². The van der Waals surface area contributed by atoms with E-state index in [0.29, 0.717) is 5.56 Å². The zero-order valence-electron chi connectivity index (χ0n) is 14.0. The van der Waals surface area contributed by atoms with Crippen LogP contribution >= 0.6 is 0 Å². The van der Waals surface area contributed by atoms with Gasteiger partial charge in [0, 0.05) is 0 Å². The van der Waals surface area contributed by atoms with Gasteiger partial charge in [0.2, 0.25) is 0 Å². The smallest absolute Gasteiger partial charge is 0.293 e. The maximum atomic E-state index is 12.1. The second-order valence-corrected chi connectivity index (χ2v) is 5.90. The van der Waals surface area contributed by atoms with Crippen LogP contribution in [0.3, 0.4) is 0 Å². The maximum Gasteiger partial charge on any atom is 0.373 e. The van der Waals surface area contributed by atoms with Crippen LogP contribution in [0.2, 0.25) is 0 Å². The predicted octanol–water partition coefficient (Wildman–Crippen LogP) is 5.06. The molecule has 0 aromatic heterocycles. The van der Waals surface area contributed by atoms with Crippen LogP contribution in [0.5, 0.6) is 0 Å². The molecule has 0 aliphatic heterocycles. The third-order valence-corrected chi connectivity index (χ3v) is 3.63. The Balaban J connectivity index is 2.47. The number of unbranched alkanes of at least 4 members (excludes halogenated alkanes) is 3. The summed E-state index contributed by atoms with van der Waals surface area (Å²) in [5.41, 5.74) is 3.61. The molecule has 118 valence electrons. The fraction of sp³-hybridized carbons (Fsp3) is 0.611. The summed E-state index contributed by atoms with van der Waals surface area (Å²) in [7, 11) is 0. The van der Waals surface area contributed by atoms with Gasteiger partial charge in [0.1, 0.15) is 6.10 Å². The third-order valence-electron chi connectivity index (χ3n) is 3.63. The van der Waals surface area contributed by atoms with E-state index in [1.807, 2.05) is 39.8 Å². The van der Waals surface area contributed by atoms with E-state index in [1.54, 1.807) is 0 Å². The molecule has 1 aromatic carbocycles. The molecule has 1 rings (SSSR count). The van der Waals surface area contributed by atoms with Gasteiger partial charge in [0.05, 0.1) is 5.56 Å². The van der Waals surface area contributed by atoms with Gasteiger partial charge in [-0.05, 0) is 45.2 Å². The van der Waals surface area contributed by atoms with E-state index < -0.39 is 5.97 Å². The summed E-state index contributed by atoms with van der Waals surface area (Å²) in [6, 6.07) is 3.97. The van der Waals surface area contributed by atoms with Crippen LogP contribution in [0.4, 0.5) is 0 Å². The fourth-order valence-corrected chi connectivity index (χ4v) is 2.58. The average Bonchev–Trinajstić information content (AvgIpc) is 2.40. The maximum absolute atomic E-state index is 12.1. The SMILES string of the molecule is CCCCCCC(C)OOC(=O)c1c(C)cc(C)cc1C. The van der Waals surface area contributed by atoms with Crippen LogP contribution in [0.15, 0.2) is 12.1 Å². The van der Waals surface area contributed by atoms with E-state index in [1.165, 1.54) is 19.3 Å². The highest BCUT2D eigenvalue weighted by atomic mass is 17.2. The van der Waals surface area contributed by atoms with Crippen LogP contribution < -0.4 is 0 Å². The second kappa shape index (κ2) is 8.83. The molecule has 0 N–H and O–H groups in total. The Kier molecular flexibility index (Phi) is 7.44. The van der Waals surface area contributed by atoms with Crippen molar-refractivity contribution in [2.75, 3.05) is 0 Å². The van der Waals surface area contributed by atoms with Gasteiger partial charge in [-0.25, -0.2) is 4.79 Å². The second-order valence-electron chi connectivity index (χ2n) is 5.90. The Morgan fingerprint density at radius 3 is 2.29 bits per heavy atom. The molecule has 0 saturated carbocycles. The van der Waals surface area contributed by atoms with E-state index in [0.717, 1.165) is 29.5 Å². The molecule has 1 atom stereocenters. The summed E-state index contributed by atoms with van der Waals surface area (Å²) < 4.78 is 0. The highest BCUT2D eigenvalue weighted by molar-refractivity contribution is 5.92. The van der Waals surface area contributed by atoms with Crippen molar-refractivity contribution in [3.05, 3.63) is 34.4 Å². The van der Waals surface area contributed by atoms with E-state index >= 15 is 0 Å². The van der Waals surface area contributed by atoms with Crippen LogP contribution in [0, 0.1) is 20.8 Å². The number of benzene rings is 1. The highest BCUT2D eigenvalue weighted by Crippen LogP contribution is 2.18. The van der Waals surface area contributed by atoms with E-state index in [4.69, 9.17) is 9.78 Å². The molecule has 0 fully saturated rings. The standard InChI is InChI=1S/C18H28O3/c1-6-7-8-9-10-16(5)20-21-18(19)17-14(3)11-13(2)12-15(17)4/h11-12,16H,6-10H2,1-5H3. The van der Waals surface area contributed by atoms with Crippen molar-refractivity contribution < 1.29 is 14.6 Å². The predicted molar refractivity (Wildman–Crippen MR) is 85.4 cm³/mol. The Bertz CT molecular complexity index is 443. The van der Waals surface area contributed by atoms with Crippen molar-refractivity contribution in [3.8, 4) is 0 Å². The van der Waals surface area contributed by atoms with Crippen molar-refractivity contribution in [1.29, 1.82) is 0 Å². The topological polar surface area (TPSA) is 35.5 Å². The van der Waals surface area contributed by atoms with Gasteiger partial charge < -0.3 is 0 Å². The normalized spacial score (nSPS) is 12.2. The van der Waals surface area contributed by atoms with Crippen molar-refractivity contribution in [2.45, 2.75) is 72.8 Å². The number of hydrogen-bond acceptors (Lipinski definition) is 3. The molecule has 1 unspecified atom stereocenters. The number of hydrogen-bond donors (Lipinski definition) is 0. The lowest BCUT2D eigenvalue weighted by Gasteiger charge is -2.13. The summed E-state index contributed by atoms with van der Waals surface area (Å²) in [5, 5.41) is 0. The van der Waals surface area contributed by atoms with Gasteiger partial charge in [0.15, 0.2) is 0 Å². The molecule has 3 nitrogen and oxygen atoms in total. The molecule has 0 aliphatic rings. The van der Waals surface area contributed by atoms with Crippen LogP contribution in [0.1, 0.15) is 73.0 Å². The lowest BCUT2D eigenvalue weighted by Crippen LogP contribution is -2.15. The zero-order valence-corrected chi connectivity index (χ0v) is 14.0. The van der Waals surface area contributed by atoms with Crippen LogP contribution in [-0.4, -0.2) is 12.1 Å². The average molecular weight is 292 g/mol. The molecule has 0 amide bonds. The summed E-state index contributed by atoms with van der Waals surface area (Å²) >= 11 is 0. The molecule has 0 heterocycles. The van der Waals surface area contributed by atoms with Gasteiger partial charge >= 0.3 is 5.97 Å². The summed E-state index contributed by atoms with van der Waals surface area (Å²) in [6.45, 7) is 9.99. The van der Waals surface area contributed by atoms with Crippen molar-refractivity contribution in [1.82, 2.24) is 0 Å². The zero-order chi connectivity index (χ0) is 15.8. The first-order valence-electron chi connectivity index (χ1n) is 7.91. The van der Waals surface area contributed by atoms with Gasteiger partial charge in [-0.15, -0.1) is 0 Å². The first kappa shape index (κ1) is 17.7. The lowest BCUT2D eigenvalue weighted by atomic mass is 10.0. The van der Waals surface area contributed by atoms with Gasteiger partial charge in [-0.1, -0.05) is 50.3 Å². The van der Waals surface area contributed by atoms with Crippen molar-refractivity contribution >= 4 is 5.97 Å². The molecule has 0 aliphatic carbocycles. The molecule has 0 saturated heterocycles. The Labute approximate surface area is 128 Å². The number of carbonyl (C=O) groups excluding carboxylic acids is 1. The lowest BCUT2D eigenvalue weighted by molar-refractivity contribution is -0.271. The molecule has 0 bridgehead atoms. The number of carbonyl (C=O) groups is 1. The number of aryl methyl sites for hydroxylation is 3. The summed E-state index contributed by atoms with van der Waals surface area (Å²) in [6.07, 6.45) is 5.63. The van der Waals surface area contributed by atoms with Gasteiger partial charge in [-0.3, -0.25) is 4.89 Å². The molecule has 3 heteroatoms. The highest BCUT2D eigenvalue weighted by Gasteiger charge is 2.16. The summed E-state index contributed by atoms with van der Waals surface area (Å²) in [4.78, 5) is 22.4.